The minimum atomic E-state index is -0.822. The molecule has 2 amide bonds. The van der Waals surface area contributed by atoms with Crippen molar-refractivity contribution in [3.8, 4) is 5.75 Å². The third-order valence-electron chi connectivity index (χ3n) is 8.54. The molecule has 252 valence electrons. The average molecular weight is 652 g/mol. The summed E-state index contributed by atoms with van der Waals surface area (Å²) in [5, 5.41) is 8.81. The number of pyridine rings is 3. The predicted molar refractivity (Wildman–Crippen MR) is 184 cm³/mol. The topological polar surface area (TPSA) is 115 Å². The molecule has 5 heterocycles. The number of aromatic nitrogens is 3. The highest BCUT2D eigenvalue weighted by atomic mass is 16.6. The van der Waals surface area contributed by atoms with E-state index in [4.69, 9.17) is 9.84 Å². The smallest absolute Gasteiger partial charge is 0.415 e. The summed E-state index contributed by atoms with van der Waals surface area (Å²) in [4.78, 5) is 44.3. The lowest BCUT2D eigenvalue weighted by Gasteiger charge is -2.33. The average Bonchev–Trinajstić information content (AvgIpc) is 3.12. The molecule has 0 aliphatic carbocycles. The van der Waals surface area contributed by atoms with Gasteiger partial charge in [-0.3, -0.25) is 24.8 Å². The van der Waals surface area contributed by atoms with Crippen molar-refractivity contribution in [1.29, 1.82) is 0 Å². The van der Waals surface area contributed by atoms with Crippen LogP contribution in [0.4, 0.5) is 9.59 Å². The molecule has 0 spiro atoms. The zero-order valence-corrected chi connectivity index (χ0v) is 27.7. The number of amides is 2. The van der Waals surface area contributed by atoms with Crippen LogP contribution in [0.3, 0.4) is 0 Å². The lowest BCUT2D eigenvalue weighted by atomic mass is 10.1. The maximum Gasteiger partial charge on any atom is 0.415 e. The Morgan fingerprint density at radius 2 is 1.29 bits per heavy atom. The van der Waals surface area contributed by atoms with Crippen LogP contribution in [-0.2, 0) is 25.8 Å². The van der Waals surface area contributed by atoms with E-state index in [9.17, 15) is 9.59 Å². The molecule has 0 bridgehead atoms. The number of rotatable bonds is 9. The third kappa shape index (κ3) is 11.1. The molecular formula is C37H45N7O4. The number of hydrogen-bond acceptors (Lipinski definition) is 8. The summed E-state index contributed by atoms with van der Waals surface area (Å²) in [6.07, 6.45) is 5.25. The van der Waals surface area contributed by atoms with E-state index in [0.717, 1.165) is 81.3 Å². The van der Waals surface area contributed by atoms with Gasteiger partial charge in [0.05, 0.1) is 5.69 Å². The maximum absolute atomic E-state index is 12.5. The summed E-state index contributed by atoms with van der Waals surface area (Å²) in [5.74, 6) is 0.588. The number of nitrogens with zero attached hydrogens (tertiary/aromatic N) is 7. The number of hydrogen-bond donors (Lipinski definition) is 1. The van der Waals surface area contributed by atoms with Gasteiger partial charge in [-0.2, -0.15) is 0 Å². The molecule has 0 saturated carbocycles. The van der Waals surface area contributed by atoms with Gasteiger partial charge in [-0.25, -0.2) is 9.59 Å². The van der Waals surface area contributed by atoms with Gasteiger partial charge in [-0.15, -0.1) is 0 Å². The van der Waals surface area contributed by atoms with Crippen LogP contribution in [0, 0.1) is 6.92 Å². The zero-order chi connectivity index (χ0) is 33.6. The van der Waals surface area contributed by atoms with Crippen molar-refractivity contribution in [2.45, 2.75) is 32.7 Å². The number of piperazine rings is 2. The van der Waals surface area contributed by atoms with Crippen LogP contribution in [0.2, 0.25) is 0 Å². The van der Waals surface area contributed by atoms with E-state index in [0.29, 0.717) is 31.9 Å². The molecular weight excluding hydrogens is 606 g/mol. The first-order valence-corrected chi connectivity index (χ1v) is 16.6. The molecule has 1 N–H and O–H groups in total. The molecule has 6 rings (SSSR count). The second-order valence-corrected chi connectivity index (χ2v) is 12.0. The minimum Gasteiger partial charge on any atom is -0.465 e. The van der Waals surface area contributed by atoms with Crippen LogP contribution in [0.1, 0.15) is 28.3 Å². The molecule has 4 aromatic rings. The Kier molecular flexibility index (Phi) is 12.8. The van der Waals surface area contributed by atoms with E-state index in [2.05, 4.69) is 36.9 Å². The van der Waals surface area contributed by atoms with E-state index in [1.165, 1.54) is 10.5 Å². The fourth-order valence-electron chi connectivity index (χ4n) is 5.69. The molecule has 48 heavy (non-hydrogen) atoms. The minimum absolute atomic E-state index is 0.272. The van der Waals surface area contributed by atoms with Gasteiger partial charge < -0.3 is 19.6 Å². The summed E-state index contributed by atoms with van der Waals surface area (Å²) >= 11 is 0. The SMILES string of the molecule is Cc1cccc(CCc2ccc(OC(=O)N3CCN(CCc4ccccn4)CC3)cc2)n1.O=C(O)N1CCN(Cc2ccccn2)CC1. The Bertz CT molecular complexity index is 1560. The number of carbonyl (C=O) groups is 2. The molecule has 11 heteroatoms. The second-order valence-electron chi connectivity index (χ2n) is 12.0. The largest absolute Gasteiger partial charge is 0.465 e. The predicted octanol–water partition coefficient (Wildman–Crippen LogP) is 4.81. The highest BCUT2D eigenvalue weighted by Gasteiger charge is 2.23. The summed E-state index contributed by atoms with van der Waals surface area (Å²) < 4.78 is 5.60. The summed E-state index contributed by atoms with van der Waals surface area (Å²) in [5.41, 5.74) is 5.48. The van der Waals surface area contributed by atoms with Crippen LogP contribution in [-0.4, -0.2) is 111 Å². The Balaban J connectivity index is 0.000000236. The number of carboxylic acid groups (broad SMARTS) is 1. The van der Waals surface area contributed by atoms with Crippen LogP contribution in [0.5, 0.6) is 5.75 Å². The first-order chi connectivity index (χ1) is 23.4. The zero-order valence-electron chi connectivity index (χ0n) is 27.7. The van der Waals surface area contributed by atoms with Crippen molar-refractivity contribution >= 4 is 12.2 Å². The highest BCUT2D eigenvalue weighted by Crippen LogP contribution is 2.16. The van der Waals surface area contributed by atoms with Crippen molar-refractivity contribution < 1.29 is 19.4 Å². The van der Waals surface area contributed by atoms with Crippen LogP contribution < -0.4 is 4.74 Å². The van der Waals surface area contributed by atoms with E-state index >= 15 is 0 Å². The molecule has 2 fully saturated rings. The quantitative estimate of drug-likeness (QED) is 0.272. The normalized spacial score (nSPS) is 15.4. The lowest BCUT2D eigenvalue weighted by molar-refractivity contribution is 0.102. The lowest BCUT2D eigenvalue weighted by Crippen LogP contribution is -2.49. The number of benzene rings is 1. The molecule has 0 unspecified atom stereocenters. The number of carbonyl (C=O) groups excluding carboxylic acids is 1. The van der Waals surface area contributed by atoms with Crippen molar-refractivity contribution in [1.82, 2.24) is 34.6 Å². The van der Waals surface area contributed by atoms with Crippen LogP contribution in [0.15, 0.2) is 91.3 Å². The Morgan fingerprint density at radius 3 is 1.92 bits per heavy atom. The van der Waals surface area contributed by atoms with Gasteiger partial charge in [0.1, 0.15) is 5.75 Å². The first-order valence-electron chi connectivity index (χ1n) is 16.6. The monoisotopic (exact) mass is 651 g/mol. The fraction of sp³-hybridized carbons (Fsp3) is 0.378. The molecule has 2 aliphatic heterocycles. The summed E-state index contributed by atoms with van der Waals surface area (Å²) in [6, 6.07) is 25.8. The Morgan fingerprint density at radius 1 is 0.667 bits per heavy atom. The van der Waals surface area contributed by atoms with E-state index in [1.807, 2.05) is 79.9 Å². The van der Waals surface area contributed by atoms with Crippen molar-refractivity contribution in [2.24, 2.45) is 0 Å². The third-order valence-corrected chi connectivity index (χ3v) is 8.54. The first kappa shape index (κ1) is 34.5. The molecule has 2 saturated heterocycles. The van der Waals surface area contributed by atoms with Gasteiger partial charge in [0, 0.05) is 101 Å². The molecule has 3 aromatic heterocycles. The van der Waals surface area contributed by atoms with Gasteiger partial charge >= 0.3 is 12.2 Å². The molecule has 0 atom stereocenters. The number of aryl methyl sites for hydroxylation is 3. The molecule has 11 nitrogen and oxygen atoms in total. The van der Waals surface area contributed by atoms with Crippen LogP contribution in [0.25, 0.3) is 0 Å². The van der Waals surface area contributed by atoms with Gasteiger partial charge in [0.2, 0.25) is 0 Å². The highest BCUT2D eigenvalue weighted by molar-refractivity contribution is 5.70. The molecule has 2 aliphatic rings. The standard InChI is InChI=1S/C26H30N4O2.C11H15N3O2/c1-21-5-4-7-24(28-21)11-8-22-9-12-25(13-10-22)32-26(31)30-19-17-29(18-20-30)16-14-23-6-2-3-15-27-23;15-11(16)14-7-5-13(6-8-14)9-10-3-1-2-4-12-10/h2-7,9-10,12-13,15H,8,11,14,16-20H2,1H3;1-4H,5-9H2,(H,15,16). The van der Waals surface area contributed by atoms with Crippen molar-refractivity contribution in [3.63, 3.8) is 0 Å². The van der Waals surface area contributed by atoms with E-state index in [1.54, 1.807) is 11.1 Å². The summed E-state index contributed by atoms with van der Waals surface area (Å²) in [6.45, 7) is 9.57. The second kappa shape index (κ2) is 17.9. The fourth-order valence-corrected chi connectivity index (χ4v) is 5.69. The van der Waals surface area contributed by atoms with E-state index < -0.39 is 6.09 Å². The Hall–Kier alpha value is -4.87. The van der Waals surface area contributed by atoms with Gasteiger partial charge in [-0.1, -0.05) is 30.3 Å². The molecule has 0 radical (unpaired) electrons. The van der Waals surface area contributed by atoms with Crippen LogP contribution >= 0.6 is 0 Å². The Labute approximate surface area is 282 Å². The van der Waals surface area contributed by atoms with E-state index in [-0.39, 0.29) is 6.09 Å². The van der Waals surface area contributed by atoms with Crippen molar-refractivity contribution in [3.05, 3.63) is 120 Å². The van der Waals surface area contributed by atoms with Gasteiger partial charge in [0.15, 0.2) is 0 Å². The maximum atomic E-state index is 12.5. The number of ether oxygens (including phenoxy) is 1. The molecule has 1 aromatic carbocycles. The summed E-state index contributed by atoms with van der Waals surface area (Å²) in [7, 11) is 0. The van der Waals surface area contributed by atoms with Gasteiger partial charge in [0.25, 0.3) is 0 Å². The van der Waals surface area contributed by atoms with Gasteiger partial charge in [-0.05, 0) is 73.9 Å². The van der Waals surface area contributed by atoms with Crippen molar-refractivity contribution in [2.75, 3.05) is 58.9 Å².